The quantitative estimate of drug-likeness (QED) is 0.855. The minimum Gasteiger partial charge on any atom is -0.316 e. The van der Waals surface area contributed by atoms with E-state index in [0.717, 1.165) is 22.9 Å². The fraction of sp³-hybridized carbons (Fsp3) is 0.462. The number of aromatic nitrogens is 1. The predicted octanol–water partition coefficient (Wildman–Crippen LogP) is 2.86. The Labute approximate surface area is 104 Å². The lowest BCUT2D eigenvalue weighted by molar-refractivity contribution is 0.448. The van der Waals surface area contributed by atoms with E-state index in [2.05, 4.69) is 38.4 Å². The van der Waals surface area contributed by atoms with E-state index in [0.29, 0.717) is 0 Å². The molecule has 1 fully saturated rings. The van der Waals surface area contributed by atoms with Gasteiger partial charge in [-0.05, 0) is 64.4 Å². The second-order valence-electron chi connectivity index (χ2n) is 4.70. The lowest BCUT2D eigenvalue weighted by atomic mass is 9.81. The lowest BCUT2D eigenvalue weighted by Gasteiger charge is -2.23. The molecular formula is C13H15BrN2. The van der Waals surface area contributed by atoms with E-state index in [4.69, 9.17) is 0 Å². The Morgan fingerprint density at radius 1 is 1.31 bits per heavy atom. The van der Waals surface area contributed by atoms with Crippen LogP contribution in [0.5, 0.6) is 0 Å². The molecule has 1 saturated heterocycles. The Morgan fingerprint density at radius 2 is 2.25 bits per heavy atom. The number of pyridine rings is 1. The van der Waals surface area contributed by atoms with Gasteiger partial charge in [0.15, 0.2) is 0 Å². The third kappa shape index (κ3) is 1.94. The summed E-state index contributed by atoms with van der Waals surface area (Å²) in [5.41, 5.74) is 2.75. The Bertz CT molecular complexity index is 428. The van der Waals surface area contributed by atoms with Crippen molar-refractivity contribution in [3.05, 3.63) is 34.6 Å². The van der Waals surface area contributed by atoms with Crippen molar-refractivity contribution in [2.75, 3.05) is 13.1 Å². The second-order valence-corrected chi connectivity index (χ2v) is 5.62. The van der Waals surface area contributed by atoms with Crippen LogP contribution in [0.2, 0.25) is 0 Å². The molecule has 1 aromatic rings. The van der Waals surface area contributed by atoms with Crippen LogP contribution in [-0.4, -0.2) is 18.1 Å². The molecule has 0 radical (unpaired) electrons. The SMILES string of the molecule is Brc1cncc(C2=C[C@@H]3CNC[C@@H]3CC2)c1. The molecule has 0 unspecified atom stereocenters. The van der Waals surface area contributed by atoms with Crippen molar-refractivity contribution in [3.8, 4) is 0 Å². The molecular weight excluding hydrogens is 264 g/mol. The summed E-state index contributed by atoms with van der Waals surface area (Å²) < 4.78 is 1.07. The summed E-state index contributed by atoms with van der Waals surface area (Å²) in [6, 6.07) is 2.17. The van der Waals surface area contributed by atoms with Gasteiger partial charge in [0.2, 0.25) is 0 Å². The lowest BCUT2D eigenvalue weighted by Crippen LogP contribution is -2.15. The predicted molar refractivity (Wildman–Crippen MR) is 69.0 cm³/mol. The molecule has 84 valence electrons. The smallest absolute Gasteiger partial charge is 0.0410 e. The number of nitrogens with one attached hydrogen (secondary N) is 1. The molecule has 2 heterocycles. The van der Waals surface area contributed by atoms with E-state index in [-0.39, 0.29) is 0 Å². The van der Waals surface area contributed by atoms with Crippen LogP contribution in [0, 0.1) is 11.8 Å². The number of hydrogen-bond donors (Lipinski definition) is 1. The van der Waals surface area contributed by atoms with Gasteiger partial charge >= 0.3 is 0 Å². The van der Waals surface area contributed by atoms with Crippen LogP contribution in [0.1, 0.15) is 18.4 Å². The molecule has 3 heteroatoms. The zero-order valence-electron chi connectivity index (χ0n) is 9.12. The highest BCUT2D eigenvalue weighted by Crippen LogP contribution is 2.35. The number of allylic oxidation sites excluding steroid dienone is 1. The van der Waals surface area contributed by atoms with Crippen molar-refractivity contribution in [2.45, 2.75) is 12.8 Å². The summed E-state index contributed by atoms with van der Waals surface area (Å²) in [4.78, 5) is 4.24. The van der Waals surface area contributed by atoms with Crippen molar-refractivity contribution in [1.29, 1.82) is 0 Å². The number of nitrogens with zero attached hydrogens (tertiary/aromatic N) is 1. The molecule has 1 aliphatic heterocycles. The van der Waals surface area contributed by atoms with Crippen molar-refractivity contribution < 1.29 is 0 Å². The van der Waals surface area contributed by atoms with Gasteiger partial charge in [0.05, 0.1) is 0 Å². The van der Waals surface area contributed by atoms with Crippen LogP contribution in [-0.2, 0) is 0 Å². The van der Waals surface area contributed by atoms with E-state index in [9.17, 15) is 0 Å². The summed E-state index contributed by atoms with van der Waals surface area (Å²) in [6.45, 7) is 2.35. The maximum absolute atomic E-state index is 4.24. The van der Waals surface area contributed by atoms with Gasteiger partial charge in [-0.15, -0.1) is 0 Å². The fourth-order valence-electron chi connectivity index (χ4n) is 2.78. The highest BCUT2D eigenvalue weighted by Gasteiger charge is 2.29. The Hall–Kier alpha value is -0.670. The first-order valence-electron chi connectivity index (χ1n) is 5.85. The Balaban J connectivity index is 1.90. The number of halogens is 1. The molecule has 0 aromatic carbocycles. The van der Waals surface area contributed by atoms with Gasteiger partial charge in [0.25, 0.3) is 0 Å². The topological polar surface area (TPSA) is 24.9 Å². The van der Waals surface area contributed by atoms with Crippen LogP contribution < -0.4 is 5.32 Å². The summed E-state index contributed by atoms with van der Waals surface area (Å²) in [7, 11) is 0. The van der Waals surface area contributed by atoms with Crippen molar-refractivity contribution in [1.82, 2.24) is 10.3 Å². The van der Waals surface area contributed by atoms with E-state index in [1.165, 1.54) is 30.5 Å². The zero-order valence-corrected chi connectivity index (χ0v) is 10.7. The van der Waals surface area contributed by atoms with Crippen molar-refractivity contribution in [2.24, 2.45) is 11.8 Å². The number of fused-ring (bicyclic) bond motifs is 1. The molecule has 1 N–H and O–H groups in total. The molecule has 1 aliphatic carbocycles. The third-order valence-corrected chi connectivity index (χ3v) is 4.10. The van der Waals surface area contributed by atoms with Gasteiger partial charge < -0.3 is 5.32 Å². The molecule has 0 spiro atoms. The van der Waals surface area contributed by atoms with Crippen molar-refractivity contribution in [3.63, 3.8) is 0 Å². The third-order valence-electron chi connectivity index (χ3n) is 3.67. The summed E-state index contributed by atoms with van der Waals surface area (Å²) in [6.07, 6.45) is 8.78. The van der Waals surface area contributed by atoms with Gasteiger partial charge in [-0.1, -0.05) is 6.08 Å². The second kappa shape index (κ2) is 4.30. The van der Waals surface area contributed by atoms with Gasteiger partial charge in [-0.2, -0.15) is 0 Å². The first-order chi connectivity index (χ1) is 7.83. The maximum Gasteiger partial charge on any atom is 0.0410 e. The van der Waals surface area contributed by atoms with Crippen LogP contribution in [0.3, 0.4) is 0 Å². The number of hydrogen-bond acceptors (Lipinski definition) is 2. The van der Waals surface area contributed by atoms with Crippen LogP contribution in [0.4, 0.5) is 0 Å². The molecule has 2 nitrogen and oxygen atoms in total. The summed E-state index contributed by atoms with van der Waals surface area (Å²) in [5.74, 6) is 1.60. The van der Waals surface area contributed by atoms with Gasteiger partial charge in [0, 0.05) is 23.4 Å². The first kappa shape index (κ1) is 10.5. The molecule has 1 aromatic heterocycles. The van der Waals surface area contributed by atoms with Crippen LogP contribution in [0.15, 0.2) is 29.0 Å². The highest BCUT2D eigenvalue weighted by molar-refractivity contribution is 9.10. The standard InChI is InChI=1S/C13H15BrN2/c14-13-4-12(7-16-8-13)9-1-2-10-5-15-6-11(10)3-9/h3-4,7-8,10-11,15H,1-2,5-6H2/t10-,11+/m0/s1. The van der Waals surface area contributed by atoms with Gasteiger partial charge in [-0.25, -0.2) is 0 Å². The fourth-order valence-corrected chi connectivity index (χ4v) is 3.14. The summed E-state index contributed by atoms with van der Waals surface area (Å²) >= 11 is 3.48. The molecule has 2 aliphatic rings. The first-order valence-corrected chi connectivity index (χ1v) is 6.64. The summed E-state index contributed by atoms with van der Waals surface area (Å²) in [5, 5.41) is 3.48. The molecule has 16 heavy (non-hydrogen) atoms. The maximum atomic E-state index is 4.24. The number of rotatable bonds is 1. The minimum absolute atomic E-state index is 0.739. The largest absolute Gasteiger partial charge is 0.316 e. The van der Waals surface area contributed by atoms with Gasteiger partial charge in [-0.3, -0.25) is 4.98 Å². The molecule has 0 saturated carbocycles. The zero-order chi connectivity index (χ0) is 11.0. The monoisotopic (exact) mass is 278 g/mol. The highest BCUT2D eigenvalue weighted by atomic mass is 79.9. The Kier molecular flexibility index (Phi) is 2.82. The molecule has 0 bridgehead atoms. The van der Waals surface area contributed by atoms with Gasteiger partial charge in [0.1, 0.15) is 0 Å². The average Bonchev–Trinajstić information content (AvgIpc) is 2.75. The normalized spacial score (nSPS) is 28.7. The van der Waals surface area contributed by atoms with Crippen LogP contribution in [0.25, 0.3) is 5.57 Å². The van der Waals surface area contributed by atoms with E-state index in [1.54, 1.807) is 0 Å². The minimum atomic E-state index is 0.739. The van der Waals surface area contributed by atoms with Crippen LogP contribution >= 0.6 is 15.9 Å². The van der Waals surface area contributed by atoms with E-state index < -0.39 is 0 Å². The van der Waals surface area contributed by atoms with Crippen molar-refractivity contribution >= 4 is 21.5 Å². The molecule has 3 rings (SSSR count). The van der Waals surface area contributed by atoms with E-state index in [1.807, 2.05) is 12.4 Å². The van der Waals surface area contributed by atoms with E-state index >= 15 is 0 Å². The molecule has 2 atom stereocenters. The Morgan fingerprint density at radius 3 is 3.12 bits per heavy atom. The average molecular weight is 279 g/mol. The molecule has 0 amide bonds.